The highest BCUT2D eigenvalue weighted by atomic mass is 35.5. The Morgan fingerprint density at radius 3 is 2.37 bits per heavy atom. The monoisotopic (exact) mass is 472 g/mol. The van der Waals surface area contributed by atoms with Crippen LogP contribution in [0.1, 0.15) is 25.3 Å². The van der Waals surface area contributed by atoms with Gasteiger partial charge in [-0.25, -0.2) is 12.8 Å². The van der Waals surface area contributed by atoms with Gasteiger partial charge in [0.2, 0.25) is 15.9 Å². The van der Waals surface area contributed by atoms with E-state index in [4.69, 9.17) is 23.2 Å². The summed E-state index contributed by atoms with van der Waals surface area (Å²) in [4.78, 5) is 14.5. The van der Waals surface area contributed by atoms with Crippen LogP contribution < -0.4 is 0 Å². The van der Waals surface area contributed by atoms with Gasteiger partial charge in [0.15, 0.2) is 0 Å². The minimum absolute atomic E-state index is 0.0248. The van der Waals surface area contributed by atoms with Gasteiger partial charge in [-0.05, 0) is 55.2 Å². The number of sulfonamides is 1. The Morgan fingerprint density at radius 1 is 1.13 bits per heavy atom. The van der Waals surface area contributed by atoms with Gasteiger partial charge in [-0.1, -0.05) is 36.2 Å². The van der Waals surface area contributed by atoms with Crippen molar-refractivity contribution in [2.24, 2.45) is 5.92 Å². The van der Waals surface area contributed by atoms with Crippen molar-refractivity contribution in [2.75, 3.05) is 19.6 Å². The molecule has 30 heavy (non-hydrogen) atoms. The van der Waals surface area contributed by atoms with Crippen molar-refractivity contribution < 1.29 is 17.6 Å². The third-order valence-electron chi connectivity index (χ3n) is 5.30. The largest absolute Gasteiger partial charge is 0.342 e. The molecular formula is C21H23Cl2FN2O3S. The first kappa shape index (κ1) is 23.0. The van der Waals surface area contributed by atoms with E-state index in [-0.39, 0.29) is 27.9 Å². The molecule has 1 aliphatic rings. The Hall–Kier alpha value is -1.67. The molecule has 2 aromatic rings. The number of likely N-dealkylation sites (tertiary alicyclic amines) is 1. The number of nitrogens with zero attached hydrogens (tertiary/aromatic N) is 2. The summed E-state index contributed by atoms with van der Waals surface area (Å²) in [5.41, 5.74) is 0.0248. The predicted molar refractivity (Wildman–Crippen MR) is 115 cm³/mol. The van der Waals surface area contributed by atoms with Crippen LogP contribution in [0, 0.1) is 11.7 Å². The zero-order chi connectivity index (χ0) is 21.9. The molecule has 1 aliphatic heterocycles. The number of benzene rings is 2. The van der Waals surface area contributed by atoms with Gasteiger partial charge in [-0.2, -0.15) is 4.31 Å². The van der Waals surface area contributed by atoms with E-state index in [1.165, 1.54) is 42.5 Å². The molecule has 0 unspecified atom stereocenters. The maximum absolute atomic E-state index is 14.4. The van der Waals surface area contributed by atoms with Crippen molar-refractivity contribution in [3.8, 4) is 0 Å². The topological polar surface area (TPSA) is 57.7 Å². The highest BCUT2D eigenvalue weighted by Crippen LogP contribution is 2.26. The van der Waals surface area contributed by atoms with Crippen LogP contribution in [-0.4, -0.2) is 43.2 Å². The zero-order valence-corrected chi connectivity index (χ0v) is 18.9. The summed E-state index contributed by atoms with van der Waals surface area (Å²) in [6.45, 7) is 2.53. The fraction of sp³-hybridized carbons (Fsp3) is 0.381. The van der Waals surface area contributed by atoms with E-state index < -0.39 is 22.4 Å². The van der Waals surface area contributed by atoms with Gasteiger partial charge in [-0.15, -0.1) is 0 Å². The Bertz CT molecular complexity index is 987. The van der Waals surface area contributed by atoms with Gasteiger partial charge in [0, 0.05) is 35.2 Å². The van der Waals surface area contributed by atoms with Crippen molar-refractivity contribution in [1.29, 1.82) is 0 Å². The fourth-order valence-electron chi connectivity index (χ4n) is 3.35. The van der Waals surface area contributed by atoms with Crippen LogP contribution in [0.3, 0.4) is 0 Å². The second-order valence-electron chi connectivity index (χ2n) is 7.49. The summed E-state index contributed by atoms with van der Waals surface area (Å²) in [5, 5.41) is 0.488. The van der Waals surface area contributed by atoms with Crippen molar-refractivity contribution in [2.45, 2.75) is 31.2 Å². The molecule has 162 valence electrons. The van der Waals surface area contributed by atoms with Gasteiger partial charge in [0.05, 0.1) is 11.4 Å². The van der Waals surface area contributed by atoms with Crippen molar-refractivity contribution in [1.82, 2.24) is 9.21 Å². The first-order chi connectivity index (χ1) is 14.2. The van der Waals surface area contributed by atoms with E-state index >= 15 is 0 Å². The molecule has 1 saturated heterocycles. The molecule has 3 rings (SSSR count). The third-order valence-corrected chi connectivity index (χ3v) is 7.71. The predicted octanol–water partition coefficient (Wildman–Crippen LogP) is 4.58. The first-order valence-electron chi connectivity index (χ1n) is 9.65. The molecule has 0 aromatic heterocycles. The summed E-state index contributed by atoms with van der Waals surface area (Å²) in [6.07, 6.45) is 1.74. The number of piperidine rings is 1. The Labute approximate surface area is 186 Å². The van der Waals surface area contributed by atoms with E-state index in [0.29, 0.717) is 24.0 Å². The number of hydrogen-bond donors (Lipinski definition) is 0. The number of hydrogen-bond acceptors (Lipinski definition) is 3. The highest BCUT2D eigenvalue weighted by Gasteiger charge is 2.31. The quantitative estimate of drug-likeness (QED) is 0.617. The standard InChI is InChI=1S/C21H23Cl2FN2O3S/c1-15-9-11-25(12-10-15)21(27)14-26(13-18-19(23)3-2-4-20(18)24)30(28,29)17-7-5-16(22)6-8-17/h2-8,15H,9-14H2,1H3. The molecule has 0 spiro atoms. The van der Waals surface area contributed by atoms with Crippen molar-refractivity contribution in [3.63, 3.8) is 0 Å². The Balaban J connectivity index is 1.92. The molecule has 1 heterocycles. The minimum Gasteiger partial charge on any atom is -0.342 e. The van der Waals surface area contributed by atoms with Crippen LogP contribution >= 0.6 is 23.2 Å². The normalized spacial score (nSPS) is 15.6. The van der Waals surface area contributed by atoms with Crippen molar-refractivity contribution in [3.05, 3.63) is 63.9 Å². The molecule has 1 amide bonds. The van der Waals surface area contributed by atoms with Gasteiger partial charge >= 0.3 is 0 Å². The molecule has 9 heteroatoms. The fourth-order valence-corrected chi connectivity index (χ4v) is 5.06. The van der Waals surface area contributed by atoms with E-state index in [1.54, 1.807) is 4.90 Å². The summed E-state index contributed by atoms with van der Waals surface area (Å²) in [5.74, 6) is -0.412. The molecule has 0 atom stereocenters. The van der Waals surface area contributed by atoms with E-state index in [0.717, 1.165) is 17.1 Å². The third kappa shape index (κ3) is 5.32. The number of amides is 1. The Kier molecular flexibility index (Phi) is 7.39. The summed E-state index contributed by atoms with van der Waals surface area (Å²) in [6, 6.07) is 9.77. The molecule has 0 aliphatic carbocycles. The molecule has 0 N–H and O–H groups in total. The molecular weight excluding hydrogens is 450 g/mol. The lowest BCUT2D eigenvalue weighted by Gasteiger charge is -2.32. The Morgan fingerprint density at radius 2 is 1.77 bits per heavy atom. The molecule has 2 aromatic carbocycles. The van der Waals surface area contributed by atoms with E-state index in [9.17, 15) is 17.6 Å². The average Bonchev–Trinajstić information content (AvgIpc) is 2.70. The van der Waals surface area contributed by atoms with Gasteiger partial charge in [0.25, 0.3) is 0 Å². The lowest BCUT2D eigenvalue weighted by atomic mass is 9.99. The van der Waals surface area contributed by atoms with Crippen LogP contribution in [0.25, 0.3) is 0 Å². The van der Waals surface area contributed by atoms with Crippen LogP contribution in [0.15, 0.2) is 47.4 Å². The summed E-state index contributed by atoms with van der Waals surface area (Å²) < 4.78 is 41.9. The zero-order valence-electron chi connectivity index (χ0n) is 16.5. The summed E-state index contributed by atoms with van der Waals surface area (Å²) in [7, 11) is -4.09. The first-order valence-corrected chi connectivity index (χ1v) is 11.8. The minimum atomic E-state index is -4.09. The maximum atomic E-state index is 14.4. The van der Waals surface area contributed by atoms with Gasteiger partial charge < -0.3 is 4.90 Å². The summed E-state index contributed by atoms with van der Waals surface area (Å²) >= 11 is 12.0. The number of rotatable bonds is 6. The van der Waals surface area contributed by atoms with Crippen LogP contribution in [-0.2, 0) is 21.4 Å². The van der Waals surface area contributed by atoms with Crippen LogP contribution in [0.4, 0.5) is 4.39 Å². The SMILES string of the molecule is CC1CCN(C(=O)CN(Cc2c(F)cccc2Cl)S(=O)(=O)c2ccc(Cl)cc2)CC1. The second-order valence-corrected chi connectivity index (χ2v) is 10.3. The number of carbonyl (C=O) groups excluding carboxylic acids is 1. The number of carbonyl (C=O) groups is 1. The maximum Gasteiger partial charge on any atom is 0.243 e. The van der Waals surface area contributed by atoms with Gasteiger partial charge in [0.1, 0.15) is 5.82 Å². The number of halogens is 3. The van der Waals surface area contributed by atoms with E-state index in [1.807, 2.05) is 0 Å². The van der Waals surface area contributed by atoms with Gasteiger partial charge in [-0.3, -0.25) is 4.79 Å². The van der Waals surface area contributed by atoms with Crippen molar-refractivity contribution >= 4 is 39.1 Å². The lowest BCUT2D eigenvalue weighted by molar-refractivity contribution is -0.132. The molecule has 1 fully saturated rings. The lowest BCUT2D eigenvalue weighted by Crippen LogP contribution is -2.45. The molecule has 0 bridgehead atoms. The molecule has 0 saturated carbocycles. The smallest absolute Gasteiger partial charge is 0.243 e. The molecule has 5 nitrogen and oxygen atoms in total. The molecule has 0 radical (unpaired) electrons. The average molecular weight is 473 g/mol. The van der Waals surface area contributed by atoms with Crippen LogP contribution in [0.5, 0.6) is 0 Å². The highest BCUT2D eigenvalue weighted by molar-refractivity contribution is 7.89. The van der Waals surface area contributed by atoms with E-state index in [2.05, 4.69) is 6.92 Å². The van der Waals surface area contributed by atoms with Crippen LogP contribution in [0.2, 0.25) is 10.0 Å². The second kappa shape index (κ2) is 9.64.